The van der Waals surface area contributed by atoms with Gasteiger partial charge in [-0.3, -0.25) is 19.3 Å². The number of carbonyl (C=O) groups excluding carboxylic acids is 3. The van der Waals surface area contributed by atoms with Crippen LogP contribution in [-0.2, 0) is 14.4 Å². The van der Waals surface area contributed by atoms with Crippen LogP contribution in [0.25, 0.3) is 0 Å². The van der Waals surface area contributed by atoms with Crippen molar-refractivity contribution in [2.75, 3.05) is 10.2 Å². The van der Waals surface area contributed by atoms with Crippen molar-refractivity contribution < 1.29 is 14.4 Å². The van der Waals surface area contributed by atoms with Crippen LogP contribution >= 0.6 is 0 Å². The van der Waals surface area contributed by atoms with Crippen molar-refractivity contribution in [3.05, 3.63) is 24.3 Å². The van der Waals surface area contributed by atoms with Gasteiger partial charge >= 0.3 is 0 Å². The maximum Gasteiger partial charge on any atom is 0.237 e. The monoisotopic (exact) mass is 286 g/mol. The van der Waals surface area contributed by atoms with Gasteiger partial charge in [0.25, 0.3) is 0 Å². The number of carbonyl (C=O) groups is 3. The van der Waals surface area contributed by atoms with Crippen molar-refractivity contribution in [2.45, 2.75) is 32.6 Å². The lowest BCUT2D eigenvalue weighted by Crippen LogP contribution is -2.30. The Bertz CT molecular complexity index is 570. The maximum atomic E-state index is 12.4. The lowest BCUT2D eigenvalue weighted by atomic mass is 9.81. The van der Waals surface area contributed by atoms with Gasteiger partial charge in [-0.15, -0.1) is 0 Å². The van der Waals surface area contributed by atoms with Crippen molar-refractivity contribution in [3.63, 3.8) is 0 Å². The molecule has 1 saturated heterocycles. The van der Waals surface area contributed by atoms with Crippen LogP contribution < -0.4 is 10.2 Å². The van der Waals surface area contributed by atoms with Gasteiger partial charge in [0.05, 0.1) is 17.5 Å². The molecule has 110 valence electrons. The number of benzene rings is 1. The van der Waals surface area contributed by atoms with Crippen LogP contribution in [0.1, 0.15) is 32.6 Å². The molecule has 1 heterocycles. The standard InChI is InChI=1S/C16H18N2O3/c1-10(19)17-11-6-8-12(9-7-11)18-15(20)13-4-2-3-5-14(13)16(18)21/h6-9,13-14H,2-5H2,1H3,(H,17,19)/t13-,14+. The molecule has 2 aliphatic rings. The zero-order valence-electron chi connectivity index (χ0n) is 12.0. The molecule has 3 rings (SSSR count). The fraction of sp³-hybridized carbons (Fsp3) is 0.438. The summed E-state index contributed by atoms with van der Waals surface area (Å²) in [7, 11) is 0. The van der Waals surface area contributed by atoms with E-state index in [1.165, 1.54) is 11.8 Å². The van der Waals surface area contributed by atoms with Gasteiger partial charge in [0.1, 0.15) is 0 Å². The Balaban J connectivity index is 1.84. The Morgan fingerprint density at radius 2 is 1.57 bits per heavy atom. The highest BCUT2D eigenvalue weighted by Gasteiger charge is 2.48. The zero-order valence-corrected chi connectivity index (χ0v) is 12.0. The van der Waals surface area contributed by atoms with Crippen molar-refractivity contribution >= 4 is 29.1 Å². The minimum atomic E-state index is -0.151. The average Bonchev–Trinajstić information content (AvgIpc) is 2.72. The lowest BCUT2D eigenvalue weighted by Gasteiger charge is -2.19. The molecular weight excluding hydrogens is 268 g/mol. The summed E-state index contributed by atoms with van der Waals surface area (Å²) in [5.74, 6) is -0.571. The molecule has 3 amide bonds. The van der Waals surface area contributed by atoms with E-state index in [0.717, 1.165) is 25.7 Å². The molecule has 1 aromatic rings. The number of hydrogen-bond donors (Lipinski definition) is 1. The Hall–Kier alpha value is -2.17. The first-order chi connectivity index (χ1) is 10.1. The molecule has 1 aromatic carbocycles. The van der Waals surface area contributed by atoms with E-state index >= 15 is 0 Å². The summed E-state index contributed by atoms with van der Waals surface area (Å²) in [5, 5.41) is 2.67. The normalized spacial score (nSPS) is 24.9. The Morgan fingerprint density at radius 1 is 1.05 bits per heavy atom. The molecule has 1 aliphatic heterocycles. The van der Waals surface area contributed by atoms with Gasteiger partial charge in [0.2, 0.25) is 17.7 Å². The number of amides is 3. The summed E-state index contributed by atoms with van der Waals surface area (Å²) in [6, 6.07) is 6.83. The average molecular weight is 286 g/mol. The third-order valence-corrected chi connectivity index (χ3v) is 4.29. The van der Waals surface area contributed by atoms with Crippen LogP contribution in [0, 0.1) is 11.8 Å². The Kier molecular flexibility index (Phi) is 3.49. The first-order valence-corrected chi connectivity index (χ1v) is 7.33. The second-order valence-electron chi connectivity index (χ2n) is 5.74. The highest BCUT2D eigenvalue weighted by Crippen LogP contribution is 2.40. The number of rotatable bonds is 2. The Morgan fingerprint density at radius 3 is 2.05 bits per heavy atom. The summed E-state index contributed by atoms with van der Waals surface area (Å²) < 4.78 is 0. The van der Waals surface area contributed by atoms with Crippen LogP contribution in [-0.4, -0.2) is 17.7 Å². The van der Waals surface area contributed by atoms with Gasteiger partial charge in [-0.25, -0.2) is 0 Å². The molecule has 5 heteroatoms. The van der Waals surface area contributed by atoms with Crippen LogP contribution in [0.15, 0.2) is 24.3 Å². The van der Waals surface area contributed by atoms with E-state index in [1.807, 2.05) is 0 Å². The van der Waals surface area contributed by atoms with Crippen molar-refractivity contribution in [1.82, 2.24) is 0 Å². The molecule has 5 nitrogen and oxygen atoms in total. The molecule has 0 spiro atoms. The van der Waals surface area contributed by atoms with Gasteiger partial charge in [0.15, 0.2) is 0 Å². The summed E-state index contributed by atoms with van der Waals surface area (Å²) in [5.41, 5.74) is 1.25. The number of nitrogens with zero attached hydrogens (tertiary/aromatic N) is 1. The third kappa shape index (κ3) is 2.44. The molecule has 0 unspecified atom stereocenters. The second-order valence-corrected chi connectivity index (χ2v) is 5.74. The van der Waals surface area contributed by atoms with Crippen LogP contribution in [0.2, 0.25) is 0 Å². The highest BCUT2D eigenvalue weighted by atomic mass is 16.2. The van der Waals surface area contributed by atoms with Gasteiger partial charge in [-0.1, -0.05) is 12.8 Å². The quantitative estimate of drug-likeness (QED) is 0.848. The number of anilines is 2. The molecule has 1 saturated carbocycles. The SMILES string of the molecule is CC(=O)Nc1ccc(N2C(=O)[C@H]3CCCC[C@H]3C2=O)cc1. The number of imide groups is 1. The van der Waals surface area contributed by atoms with Crippen molar-refractivity contribution in [3.8, 4) is 0 Å². The van der Waals surface area contributed by atoms with Gasteiger partial charge in [-0.2, -0.15) is 0 Å². The molecule has 2 atom stereocenters. The van der Waals surface area contributed by atoms with Gasteiger partial charge < -0.3 is 5.32 Å². The fourth-order valence-electron chi connectivity index (χ4n) is 3.31. The van der Waals surface area contributed by atoms with Crippen molar-refractivity contribution in [2.24, 2.45) is 11.8 Å². The minimum absolute atomic E-state index is 0.0722. The highest BCUT2D eigenvalue weighted by molar-refractivity contribution is 6.22. The van der Waals surface area contributed by atoms with Gasteiger partial charge in [0, 0.05) is 12.6 Å². The Labute approximate surface area is 123 Å². The topological polar surface area (TPSA) is 66.5 Å². The maximum absolute atomic E-state index is 12.4. The van der Waals surface area contributed by atoms with E-state index in [1.54, 1.807) is 24.3 Å². The summed E-state index contributed by atoms with van der Waals surface area (Å²) in [4.78, 5) is 37.2. The number of hydrogen-bond acceptors (Lipinski definition) is 3. The fourth-order valence-corrected chi connectivity index (χ4v) is 3.31. The predicted octanol–water partition coefficient (Wildman–Crippen LogP) is 2.32. The smallest absolute Gasteiger partial charge is 0.237 e. The van der Waals surface area contributed by atoms with E-state index in [9.17, 15) is 14.4 Å². The largest absolute Gasteiger partial charge is 0.326 e. The van der Waals surface area contributed by atoms with Crippen LogP contribution in [0.3, 0.4) is 0 Å². The van der Waals surface area contributed by atoms with E-state index in [-0.39, 0.29) is 29.6 Å². The molecule has 0 bridgehead atoms. The first-order valence-electron chi connectivity index (χ1n) is 7.33. The molecule has 1 N–H and O–H groups in total. The van der Waals surface area contributed by atoms with Crippen LogP contribution in [0.4, 0.5) is 11.4 Å². The molecule has 2 fully saturated rings. The predicted molar refractivity (Wildman–Crippen MR) is 78.7 cm³/mol. The minimum Gasteiger partial charge on any atom is -0.326 e. The molecule has 0 aromatic heterocycles. The summed E-state index contributed by atoms with van der Waals surface area (Å²) >= 11 is 0. The number of fused-ring (bicyclic) bond motifs is 1. The van der Waals surface area contributed by atoms with E-state index in [4.69, 9.17) is 0 Å². The van der Waals surface area contributed by atoms with E-state index < -0.39 is 0 Å². The number of nitrogens with one attached hydrogen (secondary N) is 1. The molecule has 1 aliphatic carbocycles. The molecule has 21 heavy (non-hydrogen) atoms. The first kappa shape index (κ1) is 13.8. The molecular formula is C16H18N2O3. The second kappa shape index (κ2) is 5.31. The van der Waals surface area contributed by atoms with E-state index in [2.05, 4.69) is 5.32 Å². The van der Waals surface area contributed by atoms with E-state index in [0.29, 0.717) is 11.4 Å². The lowest BCUT2D eigenvalue weighted by molar-refractivity contribution is -0.122. The van der Waals surface area contributed by atoms with Gasteiger partial charge in [-0.05, 0) is 37.1 Å². The summed E-state index contributed by atoms with van der Waals surface area (Å²) in [6.45, 7) is 1.44. The van der Waals surface area contributed by atoms with Crippen molar-refractivity contribution in [1.29, 1.82) is 0 Å². The van der Waals surface area contributed by atoms with Crippen LogP contribution in [0.5, 0.6) is 0 Å². The summed E-state index contributed by atoms with van der Waals surface area (Å²) in [6.07, 6.45) is 3.68. The zero-order chi connectivity index (χ0) is 15.0. The third-order valence-electron chi connectivity index (χ3n) is 4.29. The molecule has 0 radical (unpaired) electrons.